The van der Waals surface area contributed by atoms with Gasteiger partial charge >= 0.3 is 6.17 Å². The molecule has 0 atom stereocenters. The van der Waals surface area contributed by atoms with Crippen molar-refractivity contribution in [3.63, 3.8) is 0 Å². The van der Waals surface area contributed by atoms with Crippen LogP contribution in [0.1, 0.15) is 5.56 Å². The summed E-state index contributed by atoms with van der Waals surface area (Å²) in [5, 5.41) is 20.7. The van der Waals surface area contributed by atoms with E-state index in [9.17, 15) is 20.2 Å². The molecule has 1 rings (SSSR count). The largest absolute Gasteiger partial charge is 0.459 e. The molecule has 0 fully saturated rings. The van der Waals surface area contributed by atoms with Gasteiger partial charge in [0.25, 0.3) is 0 Å². The average molecular weight is 260 g/mol. The lowest BCUT2D eigenvalue weighted by Crippen LogP contribution is -2.20. The first kappa shape index (κ1) is 10.5. The number of nitrogens with zero attached hydrogens (tertiary/aromatic N) is 2. The molecule has 7 heteroatoms. The third kappa shape index (κ3) is 2.19. The van der Waals surface area contributed by atoms with Crippen LogP contribution in [-0.2, 0) is 0 Å². The van der Waals surface area contributed by atoms with Gasteiger partial charge in [-0.25, -0.2) is 0 Å². The van der Waals surface area contributed by atoms with Crippen molar-refractivity contribution >= 4 is 15.9 Å². The van der Waals surface area contributed by atoms with Crippen LogP contribution in [0.15, 0.2) is 28.7 Å². The average Bonchev–Trinajstić information content (AvgIpc) is 2.02. The van der Waals surface area contributed by atoms with Crippen molar-refractivity contribution in [3.8, 4) is 0 Å². The van der Waals surface area contributed by atoms with Crippen molar-refractivity contribution in [2.45, 2.75) is 0 Å². The maximum atomic E-state index is 10.4. The van der Waals surface area contributed by atoms with Crippen LogP contribution >= 0.6 is 15.9 Å². The minimum atomic E-state index is -1.02. The van der Waals surface area contributed by atoms with Crippen molar-refractivity contribution in [2.75, 3.05) is 0 Å². The van der Waals surface area contributed by atoms with Crippen molar-refractivity contribution < 1.29 is 9.85 Å². The Morgan fingerprint density at radius 2 is 1.79 bits per heavy atom. The lowest BCUT2D eigenvalue weighted by atomic mass is 10.2. The van der Waals surface area contributed by atoms with E-state index in [1.165, 1.54) is 18.2 Å². The Morgan fingerprint density at radius 3 is 2.21 bits per heavy atom. The van der Waals surface area contributed by atoms with E-state index in [0.29, 0.717) is 4.47 Å². The third-order valence-electron chi connectivity index (χ3n) is 1.43. The summed E-state index contributed by atoms with van der Waals surface area (Å²) in [6.07, 6.45) is -1.02. The van der Waals surface area contributed by atoms with Gasteiger partial charge in [-0.05, 0) is 10.0 Å². The number of halogens is 1. The molecule has 0 N–H and O–H groups in total. The molecule has 0 saturated carbocycles. The minimum Gasteiger partial charge on any atom is -0.265 e. The molecule has 74 valence electrons. The summed E-state index contributed by atoms with van der Waals surface area (Å²) in [6.45, 7) is 0. The summed E-state index contributed by atoms with van der Waals surface area (Å²) in [5.74, 6) is 0. The number of hydrogen-bond acceptors (Lipinski definition) is 4. The molecule has 0 bridgehead atoms. The van der Waals surface area contributed by atoms with Crippen LogP contribution in [-0.4, -0.2) is 9.85 Å². The summed E-state index contributed by atoms with van der Waals surface area (Å²) >= 11 is 3.07. The van der Waals surface area contributed by atoms with E-state index in [2.05, 4.69) is 15.9 Å². The Kier molecular flexibility index (Phi) is 3.03. The Labute approximate surface area is 87.0 Å². The Bertz CT molecular complexity index is 368. The second kappa shape index (κ2) is 4.05. The zero-order chi connectivity index (χ0) is 10.7. The fourth-order valence-electron chi connectivity index (χ4n) is 0.905. The van der Waals surface area contributed by atoms with Gasteiger partial charge in [-0.15, -0.1) is 18.2 Å². The summed E-state index contributed by atoms with van der Waals surface area (Å²) in [4.78, 5) is 18.7. The topological polar surface area (TPSA) is 86.3 Å². The maximum absolute atomic E-state index is 10.4. The quantitative estimate of drug-likeness (QED) is 0.471. The normalized spacial score (nSPS) is 9.50. The van der Waals surface area contributed by atoms with Crippen molar-refractivity contribution in [1.29, 1.82) is 0 Å². The zero-order valence-corrected chi connectivity index (χ0v) is 8.30. The molecule has 0 aromatic heterocycles. The van der Waals surface area contributed by atoms with E-state index in [1.54, 1.807) is 6.07 Å². The second-order valence-electron chi connectivity index (χ2n) is 2.35. The predicted octanol–water partition coefficient (Wildman–Crippen LogP) is 1.84. The van der Waals surface area contributed by atoms with Gasteiger partial charge in [0.2, 0.25) is 0 Å². The fourth-order valence-corrected chi connectivity index (χ4v) is 1.30. The van der Waals surface area contributed by atoms with E-state index in [1.807, 2.05) is 0 Å². The lowest BCUT2D eigenvalue weighted by Gasteiger charge is -2.07. The number of hydrogen-bond donors (Lipinski definition) is 0. The van der Waals surface area contributed by atoms with Crippen molar-refractivity contribution in [1.82, 2.24) is 0 Å². The van der Waals surface area contributed by atoms with E-state index >= 15 is 0 Å². The standard InChI is InChI=1S/C7H4BrN2O4/c8-6-3-1-2-5(4-6)7(9(11)12)10(13)14/h1-4H/q-1. The summed E-state index contributed by atoms with van der Waals surface area (Å²) in [6, 6.07) is 5.75. The first-order chi connectivity index (χ1) is 6.52. The van der Waals surface area contributed by atoms with Gasteiger partial charge in [-0.3, -0.25) is 20.2 Å². The summed E-state index contributed by atoms with van der Waals surface area (Å²) < 4.78 is 0.552. The molecular formula is C7H4BrN2O4-. The van der Waals surface area contributed by atoms with E-state index in [-0.39, 0.29) is 5.56 Å². The van der Waals surface area contributed by atoms with Crippen molar-refractivity contribution in [2.24, 2.45) is 0 Å². The molecule has 6 nitrogen and oxygen atoms in total. The number of benzene rings is 1. The molecular weight excluding hydrogens is 256 g/mol. The summed E-state index contributed by atoms with van der Waals surface area (Å²) in [5.41, 5.74) is -0.0330. The van der Waals surface area contributed by atoms with Crippen LogP contribution in [0.5, 0.6) is 0 Å². The van der Waals surface area contributed by atoms with Crippen LogP contribution < -0.4 is 0 Å². The van der Waals surface area contributed by atoms with Crippen LogP contribution in [0.25, 0.3) is 0 Å². The molecule has 0 aliphatic rings. The molecule has 0 radical (unpaired) electrons. The number of rotatable bonds is 3. The Balaban J connectivity index is 3.12. The molecule has 0 unspecified atom stereocenters. The highest BCUT2D eigenvalue weighted by Gasteiger charge is 2.30. The first-order valence-electron chi connectivity index (χ1n) is 3.44. The Hall–Kier alpha value is -1.63. The molecule has 0 amide bonds. The van der Waals surface area contributed by atoms with Gasteiger partial charge < -0.3 is 0 Å². The highest BCUT2D eigenvalue weighted by molar-refractivity contribution is 9.10. The third-order valence-corrected chi connectivity index (χ3v) is 1.92. The minimum absolute atomic E-state index is 0.0330. The Morgan fingerprint density at radius 1 is 1.21 bits per heavy atom. The van der Waals surface area contributed by atoms with E-state index in [0.717, 1.165) is 0 Å². The molecule has 0 spiro atoms. The SMILES string of the molecule is O=[N+]([O-])[C-](c1cccc(Br)c1)[N+](=O)[O-]. The first-order valence-corrected chi connectivity index (χ1v) is 4.23. The van der Waals surface area contributed by atoms with Crippen LogP contribution in [0.4, 0.5) is 0 Å². The summed E-state index contributed by atoms with van der Waals surface area (Å²) in [7, 11) is 0. The van der Waals surface area contributed by atoms with Gasteiger partial charge in [-0.1, -0.05) is 22.0 Å². The molecule has 1 aromatic rings. The smallest absolute Gasteiger partial charge is 0.265 e. The molecule has 0 saturated heterocycles. The van der Waals surface area contributed by atoms with Gasteiger partial charge in [0.15, 0.2) is 0 Å². The second-order valence-corrected chi connectivity index (χ2v) is 3.26. The van der Waals surface area contributed by atoms with Crippen LogP contribution in [0.2, 0.25) is 0 Å². The highest BCUT2D eigenvalue weighted by Crippen LogP contribution is 2.19. The monoisotopic (exact) mass is 259 g/mol. The highest BCUT2D eigenvalue weighted by atomic mass is 79.9. The van der Waals surface area contributed by atoms with Gasteiger partial charge in [0, 0.05) is 0 Å². The zero-order valence-electron chi connectivity index (χ0n) is 6.71. The van der Waals surface area contributed by atoms with Gasteiger partial charge in [0.05, 0.1) is 9.85 Å². The van der Waals surface area contributed by atoms with E-state index in [4.69, 9.17) is 0 Å². The molecule has 14 heavy (non-hydrogen) atoms. The van der Waals surface area contributed by atoms with Crippen molar-refractivity contribution in [3.05, 3.63) is 60.7 Å². The van der Waals surface area contributed by atoms with Crippen LogP contribution in [0, 0.1) is 26.4 Å². The van der Waals surface area contributed by atoms with Crippen LogP contribution in [0.3, 0.4) is 0 Å². The maximum Gasteiger partial charge on any atom is 0.459 e. The predicted molar refractivity (Wildman–Crippen MR) is 50.5 cm³/mol. The number of nitro groups is 2. The van der Waals surface area contributed by atoms with Gasteiger partial charge in [0.1, 0.15) is 0 Å². The molecule has 0 aliphatic carbocycles. The van der Waals surface area contributed by atoms with Gasteiger partial charge in [-0.2, -0.15) is 0 Å². The molecule has 0 aliphatic heterocycles. The fraction of sp³-hybridized carbons (Fsp3) is 0. The molecule has 1 aromatic carbocycles. The lowest BCUT2D eigenvalue weighted by molar-refractivity contribution is -0.660. The molecule has 0 heterocycles. The van der Waals surface area contributed by atoms with E-state index < -0.39 is 16.0 Å².